The molecule has 0 fully saturated rings. The minimum Gasteiger partial charge on any atom is -0.463 e. The number of guanidine groups is 1. The summed E-state index contributed by atoms with van der Waals surface area (Å²) in [5.74, 6) is 1.31. The Kier molecular flexibility index (Phi) is 8.15. The van der Waals surface area contributed by atoms with Crippen molar-refractivity contribution in [1.82, 2.24) is 15.8 Å². The van der Waals surface area contributed by atoms with E-state index in [-0.39, 0.29) is 12.1 Å². The van der Waals surface area contributed by atoms with Gasteiger partial charge < -0.3 is 19.9 Å². The minimum absolute atomic E-state index is 0.0894. The third-order valence-corrected chi connectivity index (χ3v) is 3.25. The Morgan fingerprint density at radius 1 is 1.30 bits per heavy atom. The number of aryl methyl sites for hydroxylation is 2. The molecule has 0 saturated carbocycles. The highest BCUT2D eigenvalue weighted by Gasteiger charge is 2.13. The van der Waals surface area contributed by atoms with E-state index in [1.54, 1.807) is 7.05 Å². The van der Waals surface area contributed by atoms with Crippen molar-refractivity contribution in [2.75, 3.05) is 13.6 Å². The van der Waals surface area contributed by atoms with Gasteiger partial charge in [-0.2, -0.15) is 0 Å². The van der Waals surface area contributed by atoms with E-state index in [2.05, 4.69) is 20.8 Å². The highest BCUT2D eigenvalue weighted by Crippen LogP contribution is 2.15. The van der Waals surface area contributed by atoms with Gasteiger partial charge in [0.1, 0.15) is 5.76 Å². The van der Waals surface area contributed by atoms with Gasteiger partial charge >= 0.3 is 5.97 Å². The number of carbonyl (C=O) groups excluding carboxylic acids is 1. The Morgan fingerprint density at radius 3 is 2.61 bits per heavy atom. The van der Waals surface area contributed by atoms with Crippen molar-refractivity contribution >= 4 is 11.9 Å². The molecule has 0 aliphatic rings. The summed E-state index contributed by atoms with van der Waals surface area (Å²) in [7, 11) is 1.69. The second-order valence-corrected chi connectivity index (χ2v) is 5.38. The first-order valence-corrected chi connectivity index (χ1v) is 8.12. The number of carbonyl (C=O) groups is 1. The smallest absolute Gasteiger partial charge is 0.307 e. The summed E-state index contributed by atoms with van der Waals surface area (Å²) in [5.41, 5.74) is 2.04. The molecule has 1 aromatic rings. The van der Waals surface area contributed by atoms with E-state index in [1.165, 1.54) is 0 Å². The summed E-state index contributed by atoms with van der Waals surface area (Å²) in [6.45, 7) is 8.82. The molecule has 7 nitrogen and oxygen atoms in total. The van der Waals surface area contributed by atoms with E-state index in [4.69, 9.17) is 9.26 Å². The van der Waals surface area contributed by atoms with Crippen LogP contribution >= 0.6 is 0 Å². The van der Waals surface area contributed by atoms with Crippen molar-refractivity contribution in [1.29, 1.82) is 0 Å². The second-order valence-electron chi connectivity index (χ2n) is 5.38. The molecular weight excluding hydrogens is 296 g/mol. The first-order chi connectivity index (χ1) is 11.0. The van der Waals surface area contributed by atoms with Crippen LogP contribution in [0.5, 0.6) is 0 Å². The molecule has 1 rings (SSSR count). The number of nitrogens with one attached hydrogen (secondary N) is 2. The molecule has 0 aromatic carbocycles. The third-order valence-electron chi connectivity index (χ3n) is 3.25. The number of hydrogen-bond acceptors (Lipinski definition) is 5. The average Bonchev–Trinajstić information content (AvgIpc) is 2.91. The number of aromatic nitrogens is 1. The lowest BCUT2D eigenvalue weighted by Gasteiger charge is -2.12. The molecular formula is C16H28N4O3. The van der Waals surface area contributed by atoms with Crippen molar-refractivity contribution in [3.63, 3.8) is 0 Å². The van der Waals surface area contributed by atoms with Gasteiger partial charge in [0.2, 0.25) is 0 Å². The fourth-order valence-electron chi connectivity index (χ4n) is 2.14. The highest BCUT2D eigenvalue weighted by molar-refractivity contribution is 5.80. The second kappa shape index (κ2) is 9.86. The number of esters is 1. The fourth-order valence-corrected chi connectivity index (χ4v) is 2.14. The standard InChI is InChI=1S/C16H28N4O3/c1-6-13-12(14(7-2)23-20-13)10-19-16(17-5)18-9-8-15(21)22-11(3)4/h11H,6-10H2,1-5H3,(H2,17,18,19). The lowest BCUT2D eigenvalue weighted by Crippen LogP contribution is -2.38. The largest absolute Gasteiger partial charge is 0.463 e. The molecule has 0 amide bonds. The predicted molar refractivity (Wildman–Crippen MR) is 89.3 cm³/mol. The highest BCUT2D eigenvalue weighted by atomic mass is 16.5. The van der Waals surface area contributed by atoms with Crippen LogP contribution in [0.4, 0.5) is 0 Å². The number of nitrogens with zero attached hydrogens (tertiary/aromatic N) is 2. The lowest BCUT2D eigenvalue weighted by atomic mass is 10.1. The van der Waals surface area contributed by atoms with Gasteiger partial charge in [-0.05, 0) is 20.3 Å². The van der Waals surface area contributed by atoms with Crippen LogP contribution in [0, 0.1) is 0 Å². The third kappa shape index (κ3) is 6.30. The van der Waals surface area contributed by atoms with E-state index >= 15 is 0 Å². The Labute approximate surface area is 137 Å². The van der Waals surface area contributed by atoms with Crippen molar-refractivity contribution in [2.45, 2.75) is 59.6 Å². The molecule has 0 radical (unpaired) electrons. The zero-order chi connectivity index (χ0) is 17.2. The molecule has 1 heterocycles. The van der Waals surface area contributed by atoms with Crippen LogP contribution < -0.4 is 10.6 Å². The van der Waals surface area contributed by atoms with Crippen LogP contribution in [0.3, 0.4) is 0 Å². The van der Waals surface area contributed by atoms with E-state index < -0.39 is 0 Å². The van der Waals surface area contributed by atoms with Crippen LogP contribution in [-0.2, 0) is 28.9 Å². The topological polar surface area (TPSA) is 88.8 Å². The summed E-state index contributed by atoms with van der Waals surface area (Å²) in [4.78, 5) is 15.6. The van der Waals surface area contributed by atoms with E-state index in [9.17, 15) is 4.79 Å². The molecule has 0 aliphatic carbocycles. The molecule has 7 heteroatoms. The van der Waals surface area contributed by atoms with E-state index in [0.29, 0.717) is 25.5 Å². The van der Waals surface area contributed by atoms with Crippen LogP contribution in [0.15, 0.2) is 9.52 Å². The first kappa shape index (κ1) is 19.0. The normalized spacial score (nSPS) is 11.7. The summed E-state index contributed by atoms with van der Waals surface area (Å²) >= 11 is 0. The summed E-state index contributed by atoms with van der Waals surface area (Å²) in [6, 6.07) is 0. The lowest BCUT2D eigenvalue weighted by molar-refractivity contribution is -0.147. The van der Waals surface area contributed by atoms with Gasteiger partial charge in [-0.15, -0.1) is 0 Å². The zero-order valence-corrected chi connectivity index (χ0v) is 14.7. The van der Waals surface area contributed by atoms with Gasteiger partial charge in [0.25, 0.3) is 0 Å². The number of hydrogen-bond donors (Lipinski definition) is 2. The quantitative estimate of drug-likeness (QED) is 0.431. The fraction of sp³-hybridized carbons (Fsp3) is 0.688. The van der Waals surface area contributed by atoms with Crippen molar-refractivity contribution < 1.29 is 14.1 Å². The average molecular weight is 324 g/mol. The summed E-state index contributed by atoms with van der Waals surface area (Å²) < 4.78 is 10.4. The summed E-state index contributed by atoms with van der Waals surface area (Å²) in [6.07, 6.45) is 1.84. The molecule has 2 N–H and O–H groups in total. The monoisotopic (exact) mass is 324 g/mol. The minimum atomic E-state index is -0.219. The molecule has 1 aromatic heterocycles. The van der Waals surface area contributed by atoms with Crippen LogP contribution in [0.25, 0.3) is 0 Å². The van der Waals surface area contributed by atoms with Gasteiger partial charge in [0.15, 0.2) is 5.96 Å². The number of rotatable bonds is 8. The van der Waals surface area contributed by atoms with Crippen molar-refractivity contribution in [2.24, 2.45) is 4.99 Å². The molecule has 0 unspecified atom stereocenters. The van der Waals surface area contributed by atoms with E-state index in [1.807, 2.05) is 27.7 Å². The number of ether oxygens (including phenoxy) is 1. The van der Waals surface area contributed by atoms with Crippen molar-refractivity contribution in [3.05, 3.63) is 17.0 Å². The van der Waals surface area contributed by atoms with Crippen LogP contribution in [0.1, 0.15) is 51.1 Å². The first-order valence-electron chi connectivity index (χ1n) is 8.12. The Balaban J connectivity index is 2.46. The number of aliphatic imine (C=N–C) groups is 1. The maximum Gasteiger partial charge on any atom is 0.307 e. The van der Waals surface area contributed by atoms with Gasteiger partial charge in [0.05, 0.1) is 18.2 Å². The Morgan fingerprint density at radius 2 is 2.04 bits per heavy atom. The molecule has 0 spiro atoms. The van der Waals surface area contributed by atoms with Crippen molar-refractivity contribution in [3.8, 4) is 0 Å². The van der Waals surface area contributed by atoms with E-state index in [0.717, 1.165) is 29.9 Å². The van der Waals surface area contributed by atoms with Gasteiger partial charge in [-0.25, -0.2) is 0 Å². The summed E-state index contributed by atoms with van der Waals surface area (Å²) in [5, 5.41) is 10.4. The molecule has 0 saturated heterocycles. The predicted octanol–water partition coefficient (Wildman–Crippen LogP) is 1.81. The van der Waals surface area contributed by atoms with Gasteiger partial charge in [-0.1, -0.05) is 19.0 Å². The van der Waals surface area contributed by atoms with Gasteiger partial charge in [0, 0.05) is 32.1 Å². The Hall–Kier alpha value is -2.05. The maximum absolute atomic E-state index is 11.5. The molecule has 0 bridgehead atoms. The molecule has 0 atom stereocenters. The molecule has 0 aliphatic heterocycles. The van der Waals surface area contributed by atoms with Gasteiger partial charge in [-0.3, -0.25) is 9.79 Å². The zero-order valence-electron chi connectivity index (χ0n) is 14.7. The van der Waals surface area contributed by atoms with Crippen LogP contribution in [-0.4, -0.2) is 36.8 Å². The Bertz CT molecular complexity index is 502. The van der Waals surface area contributed by atoms with Crippen LogP contribution in [0.2, 0.25) is 0 Å². The SMILES string of the molecule is CCc1noc(CC)c1CNC(=NC)NCCC(=O)OC(C)C. The maximum atomic E-state index is 11.5. The molecule has 23 heavy (non-hydrogen) atoms. The molecule has 130 valence electrons.